The minimum atomic E-state index is 0.812. The molecule has 1 aromatic rings. The van der Waals surface area contributed by atoms with E-state index in [4.69, 9.17) is 0 Å². The Bertz CT molecular complexity index is 187. The second-order valence-corrected chi connectivity index (χ2v) is 3.09. The Morgan fingerprint density at radius 1 is 1.78 bits per heavy atom. The standard InChI is InChI=1S/C5H6Br2N2/c1-9-5(7)2-4(3-6)8-9/h2H,3H2,1H3. The van der Waals surface area contributed by atoms with E-state index < -0.39 is 0 Å². The molecule has 50 valence electrons. The predicted octanol–water partition coefficient (Wildman–Crippen LogP) is 2.08. The van der Waals surface area contributed by atoms with Crippen LogP contribution in [0.2, 0.25) is 0 Å². The number of aryl methyl sites for hydroxylation is 1. The smallest absolute Gasteiger partial charge is 0.104 e. The summed E-state index contributed by atoms with van der Waals surface area (Å²) in [4.78, 5) is 0. The predicted molar refractivity (Wildman–Crippen MR) is 43.5 cm³/mol. The summed E-state index contributed by atoms with van der Waals surface area (Å²) in [5, 5.41) is 4.96. The lowest BCUT2D eigenvalue weighted by Crippen LogP contribution is -1.90. The summed E-state index contributed by atoms with van der Waals surface area (Å²) in [6.45, 7) is 0. The molecule has 1 rings (SSSR count). The van der Waals surface area contributed by atoms with Crippen molar-refractivity contribution in [3.63, 3.8) is 0 Å². The Balaban J connectivity index is 2.98. The molecule has 0 unspecified atom stereocenters. The van der Waals surface area contributed by atoms with Crippen molar-refractivity contribution in [2.45, 2.75) is 5.33 Å². The average Bonchev–Trinajstić information content (AvgIpc) is 2.13. The van der Waals surface area contributed by atoms with Crippen molar-refractivity contribution in [3.05, 3.63) is 16.4 Å². The van der Waals surface area contributed by atoms with Crippen LogP contribution in [0.5, 0.6) is 0 Å². The third kappa shape index (κ3) is 1.55. The molecule has 0 aliphatic carbocycles. The maximum absolute atomic E-state index is 4.15. The molecule has 0 saturated carbocycles. The minimum absolute atomic E-state index is 0.812. The highest BCUT2D eigenvalue weighted by Crippen LogP contribution is 2.11. The Morgan fingerprint density at radius 3 is 2.67 bits per heavy atom. The van der Waals surface area contributed by atoms with Crippen molar-refractivity contribution < 1.29 is 0 Å². The summed E-state index contributed by atoms with van der Waals surface area (Å²) in [6, 6.07) is 1.98. The molecule has 0 aromatic carbocycles. The number of hydrogen-bond donors (Lipinski definition) is 0. The van der Waals surface area contributed by atoms with Crippen molar-refractivity contribution in [3.8, 4) is 0 Å². The maximum Gasteiger partial charge on any atom is 0.104 e. The lowest BCUT2D eigenvalue weighted by Gasteiger charge is -1.86. The van der Waals surface area contributed by atoms with Crippen LogP contribution in [0.25, 0.3) is 0 Å². The zero-order chi connectivity index (χ0) is 6.85. The topological polar surface area (TPSA) is 17.8 Å². The fraction of sp³-hybridized carbons (Fsp3) is 0.400. The Kier molecular flexibility index (Phi) is 2.29. The Labute approximate surface area is 70.5 Å². The van der Waals surface area contributed by atoms with E-state index in [1.807, 2.05) is 13.1 Å². The molecule has 0 aliphatic rings. The Morgan fingerprint density at radius 2 is 2.44 bits per heavy atom. The Hall–Kier alpha value is 0.170. The second kappa shape index (κ2) is 2.84. The van der Waals surface area contributed by atoms with Gasteiger partial charge in [0, 0.05) is 12.4 Å². The highest BCUT2D eigenvalue weighted by molar-refractivity contribution is 9.10. The van der Waals surface area contributed by atoms with Crippen molar-refractivity contribution in [2.24, 2.45) is 7.05 Å². The number of hydrogen-bond acceptors (Lipinski definition) is 1. The van der Waals surface area contributed by atoms with Crippen LogP contribution in [0, 0.1) is 0 Å². The van der Waals surface area contributed by atoms with E-state index in [0.717, 1.165) is 15.6 Å². The van der Waals surface area contributed by atoms with Crippen molar-refractivity contribution in [1.82, 2.24) is 9.78 Å². The molecule has 4 heteroatoms. The van der Waals surface area contributed by atoms with Gasteiger partial charge in [-0.1, -0.05) is 15.9 Å². The molecule has 0 bridgehead atoms. The number of nitrogens with zero attached hydrogens (tertiary/aromatic N) is 2. The average molecular weight is 254 g/mol. The van der Waals surface area contributed by atoms with E-state index in [-0.39, 0.29) is 0 Å². The largest absolute Gasteiger partial charge is 0.261 e. The summed E-state index contributed by atoms with van der Waals surface area (Å²) < 4.78 is 2.80. The van der Waals surface area contributed by atoms with E-state index in [2.05, 4.69) is 37.0 Å². The quantitative estimate of drug-likeness (QED) is 0.701. The SMILES string of the molecule is Cn1nc(CBr)cc1Br. The van der Waals surface area contributed by atoms with Gasteiger partial charge in [-0.05, 0) is 22.0 Å². The monoisotopic (exact) mass is 252 g/mol. The van der Waals surface area contributed by atoms with Gasteiger partial charge in [0.05, 0.1) is 5.69 Å². The van der Waals surface area contributed by atoms with Crippen LogP contribution in [0.4, 0.5) is 0 Å². The molecule has 0 aliphatic heterocycles. The van der Waals surface area contributed by atoms with E-state index >= 15 is 0 Å². The van der Waals surface area contributed by atoms with Gasteiger partial charge >= 0.3 is 0 Å². The van der Waals surface area contributed by atoms with Gasteiger partial charge in [0.25, 0.3) is 0 Å². The van der Waals surface area contributed by atoms with Gasteiger partial charge in [-0.15, -0.1) is 0 Å². The van der Waals surface area contributed by atoms with Gasteiger partial charge in [-0.25, -0.2) is 0 Å². The fourth-order valence-electron chi connectivity index (χ4n) is 0.566. The molecular formula is C5H6Br2N2. The fourth-order valence-corrected chi connectivity index (χ4v) is 1.18. The third-order valence-corrected chi connectivity index (χ3v) is 2.33. The van der Waals surface area contributed by atoms with Gasteiger partial charge in [0.2, 0.25) is 0 Å². The highest BCUT2D eigenvalue weighted by Gasteiger charge is 1.98. The van der Waals surface area contributed by atoms with Gasteiger partial charge in [0.15, 0.2) is 0 Å². The van der Waals surface area contributed by atoms with Crippen LogP contribution in [-0.2, 0) is 12.4 Å². The van der Waals surface area contributed by atoms with Crippen LogP contribution < -0.4 is 0 Å². The molecule has 0 N–H and O–H groups in total. The van der Waals surface area contributed by atoms with Gasteiger partial charge in [-0.2, -0.15) is 5.10 Å². The lowest BCUT2D eigenvalue weighted by molar-refractivity contribution is 0.739. The number of aromatic nitrogens is 2. The summed E-state index contributed by atoms with van der Waals surface area (Å²) in [5.74, 6) is 0. The van der Waals surface area contributed by atoms with Crippen LogP contribution >= 0.6 is 31.9 Å². The molecule has 1 heterocycles. The minimum Gasteiger partial charge on any atom is -0.261 e. The van der Waals surface area contributed by atoms with E-state index in [0.29, 0.717) is 0 Å². The number of rotatable bonds is 1. The molecule has 0 amide bonds. The molecule has 2 nitrogen and oxygen atoms in total. The van der Waals surface area contributed by atoms with Crippen LogP contribution in [-0.4, -0.2) is 9.78 Å². The summed E-state index contributed by atoms with van der Waals surface area (Å²) in [5.41, 5.74) is 1.05. The molecule has 1 aromatic heterocycles. The zero-order valence-electron chi connectivity index (χ0n) is 4.93. The maximum atomic E-state index is 4.15. The summed E-state index contributed by atoms with van der Waals surface area (Å²) in [6.07, 6.45) is 0. The first kappa shape index (κ1) is 7.28. The molecule has 0 saturated heterocycles. The van der Waals surface area contributed by atoms with Gasteiger partial charge in [-0.3, -0.25) is 4.68 Å². The summed E-state index contributed by atoms with van der Waals surface area (Å²) in [7, 11) is 1.90. The second-order valence-electron chi connectivity index (χ2n) is 1.72. The summed E-state index contributed by atoms with van der Waals surface area (Å²) >= 11 is 6.64. The molecule has 0 spiro atoms. The van der Waals surface area contributed by atoms with Gasteiger partial charge in [0.1, 0.15) is 4.60 Å². The molecule has 0 radical (unpaired) electrons. The normalized spacial score (nSPS) is 10.1. The third-order valence-electron chi connectivity index (χ3n) is 1.01. The first-order valence-electron chi connectivity index (χ1n) is 2.48. The number of halogens is 2. The van der Waals surface area contributed by atoms with Crippen molar-refractivity contribution in [1.29, 1.82) is 0 Å². The zero-order valence-corrected chi connectivity index (χ0v) is 8.11. The van der Waals surface area contributed by atoms with E-state index in [1.165, 1.54) is 0 Å². The first-order valence-corrected chi connectivity index (χ1v) is 4.40. The van der Waals surface area contributed by atoms with Gasteiger partial charge < -0.3 is 0 Å². The number of alkyl halides is 1. The molecule has 9 heavy (non-hydrogen) atoms. The molecular weight excluding hydrogens is 248 g/mol. The molecule has 0 atom stereocenters. The lowest BCUT2D eigenvalue weighted by atomic mass is 10.5. The van der Waals surface area contributed by atoms with E-state index in [1.54, 1.807) is 4.68 Å². The first-order chi connectivity index (χ1) is 4.24. The highest BCUT2D eigenvalue weighted by atomic mass is 79.9. The van der Waals surface area contributed by atoms with Crippen molar-refractivity contribution in [2.75, 3.05) is 0 Å². The van der Waals surface area contributed by atoms with Crippen LogP contribution in [0.3, 0.4) is 0 Å². The van der Waals surface area contributed by atoms with Crippen LogP contribution in [0.15, 0.2) is 10.7 Å². The van der Waals surface area contributed by atoms with E-state index in [9.17, 15) is 0 Å². The van der Waals surface area contributed by atoms with Crippen molar-refractivity contribution >= 4 is 31.9 Å². The molecule has 0 fully saturated rings. The van der Waals surface area contributed by atoms with Crippen LogP contribution in [0.1, 0.15) is 5.69 Å².